The Labute approximate surface area is 168 Å². The first-order valence-corrected chi connectivity index (χ1v) is 11.2. The molecule has 0 N–H and O–H groups in total. The lowest BCUT2D eigenvalue weighted by Crippen LogP contribution is -2.32. The Morgan fingerprint density at radius 3 is 2.89 bits per heavy atom. The van der Waals surface area contributed by atoms with Gasteiger partial charge in [-0.15, -0.1) is 11.3 Å². The van der Waals surface area contributed by atoms with Gasteiger partial charge in [-0.25, -0.2) is 9.97 Å². The first-order chi connectivity index (χ1) is 13.2. The van der Waals surface area contributed by atoms with Crippen LogP contribution in [0.1, 0.15) is 30.7 Å². The Kier molecular flexibility index (Phi) is 5.45. The van der Waals surface area contributed by atoms with Crippen LogP contribution in [0.3, 0.4) is 0 Å². The summed E-state index contributed by atoms with van der Waals surface area (Å²) in [6.07, 6.45) is 5.08. The number of para-hydroxylation sites is 1. The molecule has 0 spiro atoms. The van der Waals surface area contributed by atoms with Gasteiger partial charge in [-0.1, -0.05) is 36.9 Å². The fourth-order valence-electron chi connectivity index (χ4n) is 3.67. The van der Waals surface area contributed by atoms with Crippen LogP contribution >= 0.6 is 23.1 Å². The summed E-state index contributed by atoms with van der Waals surface area (Å²) in [6.45, 7) is 4.99. The van der Waals surface area contributed by atoms with Gasteiger partial charge in [0, 0.05) is 22.5 Å². The third-order valence-electron chi connectivity index (χ3n) is 5.07. The van der Waals surface area contributed by atoms with E-state index in [-0.39, 0.29) is 5.91 Å². The fraction of sp³-hybridized carbons (Fsp3) is 0.381. The number of aryl methyl sites for hydroxylation is 1. The van der Waals surface area contributed by atoms with Gasteiger partial charge in [-0.05, 0) is 49.8 Å². The smallest absolute Gasteiger partial charge is 0.237 e. The van der Waals surface area contributed by atoms with Crippen LogP contribution in [0.4, 0.5) is 5.69 Å². The van der Waals surface area contributed by atoms with Crippen LogP contribution in [-0.2, 0) is 17.6 Å². The minimum atomic E-state index is 0.109. The van der Waals surface area contributed by atoms with E-state index in [0.717, 1.165) is 34.3 Å². The lowest BCUT2D eigenvalue weighted by atomic mass is 9.89. The van der Waals surface area contributed by atoms with E-state index in [0.29, 0.717) is 12.3 Å². The molecule has 2 heterocycles. The third-order valence-corrected chi connectivity index (χ3v) is 7.21. The fourth-order valence-corrected chi connectivity index (χ4v) is 5.99. The summed E-state index contributed by atoms with van der Waals surface area (Å²) in [7, 11) is 0. The lowest BCUT2D eigenvalue weighted by Gasteiger charge is -2.21. The molecule has 2 aromatic heterocycles. The number of hydrogen-bond donors (Lipinski definition) is 0. The molecule has 27 heavy (non-hydrogen) atoms. The van der Waals surface area contributed by atoms with Crippen molar-refractivity contribution < 1.29 is 4.79 Å². The third kappa shape index (κ3) is 3.73. The largest absolute Gasteiger partial charge is 0.312 e. The molecule has 140 valence electrons. The van der Waals surface area contributed by atoms with Crippen LogP contribution in [-0.4, -0.2) is 28.2 Å². The summed E-state index contributed by atoms with van der Waals surface area (Å²) in [4.78, 5) is 26.2. The van der Waals surface area contributed by atoms with Gasteiger partial charge in [-0.3, -0.25) is 4.79 Å². The molecule has 3 aromatic rings. The van der Waals surface area contributed by atoms with E-state index >= 15 is 0 Å². The minimum absolute atomic E-state index is 0.109. The highest BCUT2D eigenvalue weighted by Gasteiger charge is 2.24. The Morgan fingerprint density at radius 1 is 1.30 bits per heavy atom. The average molecular weight is 398 g/mol. The number of rotatable bonds is 5. The number of carbonyl (C=O) groups is 1. The molecule has 0 aliphatic heterocycles. The number of anilines is 1. The Balaban J connectivity index is 1.56. The second-order valence-electron chi connectivity index (χ2n) is 6.97. The number of hydrogen-bond acceptors (Lipinski definition) is 5. The van der Waals surface area contributed by atoms with Crippen molar-refractivity contribution in [1.82, 2.24) is 9.97 Å². The van der Waals surface area contributed by atoms with Gasteiger partial charge in [0.25, 0.3) is 0 Å². The molecule has 0 unspecified atom stereocenters. The van der Waals surface area contributed by atoms with E-state index in [9.17, 15) is 4.79 Å². The monoisotopic (exact) mass is 397 g/mol. The second-order valence-corrected chi connectivity index (χ2v) is 9.02. The molecule has 4 rings (SSSR count). The van der Waals surface area contributed by atoms with Gasteiger partial charge >= 0.3 is 0 Å². The van der Waals surface area contributed by atoms with Crippen molar-refractivity contribution in [2.45, 2.75) is 38.1 Å². The topological polar surface area (TPSA) is 46.1 Å². The van der Waals surface area contributed by atoms with E-state index in [1.165, 1.54) is 34.0 Å². The highest BCUT2D eigenvalue weighted by atomic mass is 32.2. The van der Waals surface area contributed by atoms with Crippen LogP contribution in [0, 0.1) is 5.92 Å². The molecular formula is C21H23N3OS2. The summed E-state index contributed by atoms with van der Waals surface area (Å²) in [5.74, 6) is 1.23. The summed E-state index contributed by atoms with van der Waals surface area (Å²) < 4.78 is 0. The molecule has 4 nitrogen and oxygen atoms in total. The summed E-state index contributed by atoms with van der Waals surface area (Å²) in [5.41, 5.74) is 2.36. The number of amides is 1. The molecule has 1 aliphatic rings. The summed E-state index contributed by atoms with van der Waals surface area (Å²) in [5, 5.41) is 2.13. The molecule has 0 bridgehead atoms. The van der Waals surface area contributed by atoms with Gasteiger partial charge in [-0.2, -0.15) is 0 Å². The molecule has 6 heteroatoms. The van der Waals surface area contributed by atoms with Gasteiger partial charge in [0.15, 0.2) is 0 Å². The highest BCUT2D eigenvalue weighted by Crippen LogP contribution is 2.40. The van der Waals surface area contributed by atoms with E-state index in [4.69, 9.17) is 0 Å². The number of thioether (sulfide) groups is 1. The average Bonchev–Trinajstić information content (AvgIpc) is 3.05. The molecule has 0 saturated carbocycles. The van der Waals surface area contributed by atoms with Crippen molar-refractivity contribution >= 4 is 44.9 Å². The van der Waals surface area contributed by atoms with E-state index < -0.39 is 0 Å². The zero-order chi connectivity index (χ0) is 18.8. The summed E-state index contributed by atoms with van der Waals surface area (Å²) >= 11 is 3.34. The van der Waals surface area contributed by atoms with E-state index in [2.05, 4.69) is 16.9 Å². The molecule has 1 aromatic carbocycles. The number of carbonyl (C=O) groups excluding carboxylic acids is 1. The molecule has 1 amide bonds. The zero-order valence-corrected chi connectivity index (χ0v) is 17.3. The van der Waals surface area contributed by atoms with Gasteiger partial charge in [0.1, 0.15) is 16.2 Å². The molecule has 0 fully saturated rings. The SMILES string of the molecule is CCN(C(=O)CSc1ncnc2sc3c(c12)CC[C@H](C)C3)c1ccccc1. The maximum atomic E-state index is 12.8. The Morgan fingerprint density at radius 2 is 2.11 bits per heavy atom. The first kappa shape index (κ1) is 18.4. The minimum Gasteiger partial charge on any atom is -0.312 e. The highest BCUT2D eigenvalue weighted by molar-refractivity contribution is 8.00. The van der Waals surface area contributed by atoms with Crippen molar-refractivity contribution in [2.24, 2.45) is 5.92 Å². The van der Waals surface area contributed by atoms with Gasteiger partial charge in [0.05, 0.1) is 5.75 Å². The first-order valence-electron chi connectivity index (χ1n) is 9.40. The normalized spacial score (nSPS) is 16.3. The Bertz CT molecular complexity index is 955. The maximum absolute atomic E-state index is 12.8. The number of aromatic nitrogens is 2. The molecule has 1 aliphatic carbocycles. The molecule has 0 radical (unpaired) electrons. The zero-order valence-electron chi connectivity index (χ0n) is 15.6. The quantitative estimate of drug-likeness (QED) is 0.451. The van der Waals surface area contributed by atoms with Gasteiger partial charge < -0.3 is 4.90 Å². The number of benzene rings is 1. The van der Waals surface area contributed by atoms with Gasteiger partial charge in [0.2, 0.25) is 5.91 Å². The number of nitrogens with zero attached hydrogens (tertiary/aromatic N) is 3. The molecule has 1 atom stereocenters. The molecular weight excluding hydrogens is 374 g/mol. The van der Waals surface area contributed by atoms with Crippen LogP contribution in [0.15, 0.2) is 41.7 Å². The van der Waals surface area contributed by atoms with Crippen molar-refractivity contribution in [3.8, 4) is 0 Å². The lowest BCUT2D eigenvalue weighted by molar-refractivity contribution is -0.116. The van der Waals surface area contributed by atoms with Crippen molar-refractivity contribution in [2.75, 3.05) is 17.2 Å². The van der Waals surface area contributed by atoms with E-state index in [1.807, 2.05) is 42.2 Å². The maximum Gasteiger partial charge on any atom is 0.237 e. The predicted molar refractivity (Wildman–Crippen MR) is 114 cm³/mol. The second kappa shape index (κ2) is 7.98. The van der Waals surface area contributed by atoms with E-state index in [1.54, 1.807) is 17.7 Å². The predicted octanol–water partition coefficient (Wildman–Crippen LogP) is 4.96. The van der Waals surface area contributed by atoms with Crippen molar-refractivity contribution in [1.29, 1.82) is 0 Å². The van der Waals surface area contributed by atoms with Crippen LogP contribution in [0.25, 0.3) is 10.2 Å². The standard InChI is InChI=1S/C21H23N3OS2/c1-3-24(15-7-5-4-6-8-15)18(25)12-26-20-19-16-10-9-14(2)11-17(16)27-21(19)23-13-22-20/h4-8,13-14H,3,9-12H2,1-2H3/t14-/m0/s1. The number of thiophene rings is 1. The van der Waals surface area contributed by atoms with Crippen molar-refractivity contribution in [3.05, 3.63) is 47.1 Å². The van der Waals surface area contributed by atoms with Crippen LogP contribution in [0.2, 0.25) is 0 Å². The van der Waals surface area contributed by atoms with Crippen LogP contribution < -0.4 is 4.90 Å². The van der Waals surface area contributed by atoms with Crippen LogP contribution in [0.5, 0.6) is 0 Å². The van der Waals surface area contributed by atoms with Crippen molar-refractivity contribution in [3.63, 3.8) is 0 Å². The Hall–Kier alpha value is -1.92. The number of fused-ring (bicyclic) bond motifs is 3. The molecule has 0 saturated heterocycles. The summed E-state index contributed by atoms with van der Waals surface area (Å²) in [6, 6.07) is 9.85.